The van der Waals surface area contributed by atoms with Gasteiger partial charge >= 0.3 is 5.97 Å². The Morgan fingerprint density at radius 3 is 2.95 bits per heavy atom. The summed E-state index contributed by atoms with van der Waals surface area (Å²) >= 11 is 7.22. The molecule has 0 saturated heterocycles. The van der Waals surface area contributed by atoms with E-state index in [1.807, 2.05) is 5.38 Å². The molecule has 1 aromatic heterocycles. The van der Waals surface area contributed by atoms with Crippen LogP contribution in [0, 0.1) is 5.82 Å². The van der Waals surface area contributed by atoms with Crippen molar-refractivity contribution in [3.63, 3.8) is 0 Å². The largest absolute Gasteiger partial charge is 0.466 e. The van der Waals surface area contributed by atoms with Gasteiger partial charge in [-0.25, -0.2) is 9.37 Å². The molecule has 2 rings (SSSR count). The standard InChI is InChI=1S/C14H13ClFNO2S/c1-2-19-13(18)4-3-12-8-20-14(17-12)9-5-10(15)7-11(16)6-9/h5-8H,2-4H2,1H3. The normalized spacial score (nSPS) is 10.6. The molecule has 0 spiro atoms. The zero-order chi connectivity index (χ0) is 14.5. The molecule has 0 fully saturated rings. The number of carbonyl (C=O) groups is 1. The number of halogens is 2. The van der Waals surface area contributed by atoms with Crippen molar-refractivity contribution in [1.82, 2.24) is 4.98 Å². The van der Waals surface area contributed by atoms with Crippen LogP contribution in [0.1, 0.15) is 19.0 Å². The molecular weight excluding hydrogens is 301 g/mol. The molecule has 3 nitrogen and oxygen atoms in total. The molecule has 0 unspecified atom stereocenters. The Kier molecular flexibility index (Phi) is 5.09. The van der Waals surface area contributed by atoms with Crippen molar-refractivity contribution in [1.29, 1.82) is 0 Å². The van der Waals surface area contributed by atoms with Gasteiger partial charge in [0.25, 0.3) is 0 Å². The van der Waals surface area contributed by atoms with E-state index in [1.54, 1.807) is 13.0 Å². The quantitative estimate of drug-likeness (QED) is 0.780. The van der Waals surface area contributed by atoms with Crippen molar-refractivity contribution in [2.75, 3.05) is 6.61 Å². The summed E-state index contributed by atoms with van der Waals surface area (Å²) in [7, 11) is 0. The highest BCUT2D eigenvalue weighted by Gasteiger charge is 2.09. The number of thiazole rings is 1. The highest BCUT2D eigenvalue weighted by Crippen LogP contribution is 2.27. The Bertz CT molecular complexity index is 595. The summed E-state index contributed by atoms with van der Waals surface area (Å²) in [5.41, 5.74) is 1.43. The maximum absolute atomic E-state index is 13.3. The van der Waals surface area contributed by atoms with Crippen molar-refractivity contribution in [3.8, 4) is 10.6 Å². The third kappa shape index (κ3) is 4.02. The number of rotatable bonds is 5. The van der Waals surface area contributed by atoms with Crippen molar-refractivity contribution in [3.05, 3.63) is 40.1 Å². The lowest BCUT2D eigenvalue weighted by Gasteiger charge is -2.00. The van der Waals surface area contributed by atoms with Crippen LogP contribution in [0.15, 0.2) is 23.6 Å². The molecule has 0 saturated carbocycles. The van der Waals surface area contributed by atoms with Gasteiger partial charge in [0.2, 0.25) is 0 Å². The molecule has 0 bridgehead atoms. The van der Waals surface area contributed by atoms with E-state index in [0.29, 0.717) is 35.0 Å². The monoisotopic (exact) mass is 313 g/mol. The fourth-order valence-corrected chi connectivity index (χ4v) is 2.76. The van der Waals surface area contributed by atoms with Gasteiger partial charge in [0, 0.05) is 22.4 Å². The first-order chi connectivity index (χ1) is 9.58. The summed E-state index contributed by atoms with van der Waals surface area (Å²) in [6.07, 6.45) is 0.805. The van der Waals surface area contributed by atoms with Crippen LogP contribution in [-0.2, 0) is 16.0 Å². The van der Waals surface area contributed by atoms with E-state index in [2.05, 4.69) is 4.98 Å². The molecular formula is C14H13ClFNO2S. The van der Waals surface area contributed by atoms with Gasteiger partial charge in [-0.1, -0.05) is 11.6 Å². The van der Waals surface area contributed by atoms with Gasteiger partial charge in [-0.3, -0.25) is 4.79 Å². The summed E-state index contributed by atoms with van der Waals surface area (Å²) in [6, 6.07) is 4.30. The minimum Gasteiger partial charge on any atom is -0.466 e. The number of carbonyl (C=O) groups excluding carboxylic acids is 1. The van der Waals surface area contributed by atoms with Gasteiger partial charge < -0.3 is 4.74 Å². The predicted molar refractivity (Wildman–Crippen MR) is 77.5 cm³/mol. The molecule has 106 valence electrons. The summed E-state index contributed by atoms with van der Waals surface area (Å²) in [5, 5.41) is 2.88. The van der Waals surface area contributed by atoms with Crippen molar-refractivity contribution >= 4 is 28.9 Å². The number of ether oxygens (including phenoxy) is 1. The highest BCUT2D eigenvalue weighted by atomic mass is 35.5. The number of aromatic nitrogens is 1. The SMILES string of the molecule is CCOC(=O)CCc1csc(-c2cc(F)cc(Cl)c2)n1. The minimum atomic E-state index is -0.393. The van der Waals surface area contributed by atoms with Crippen LogP contribution in [-0.4, -0.2) is 17.6 Å². The fourth-order valence-electron chi connectivity index (χ4n) is 1.69. The Morgan fingerprint density at radius 2 is 2.25 bits per heavy atom. The van der Waals surface area contributed by atoms with Crippen molar-refractivity contribution < 1.29 is 13.9 Å². The molecule has 0 radical (unpaired) electrons. The average molecular weight is 314 g/mol. The van der Waals surface area contributed by atoms with Gasteiger partial charge in [0.15, 0.2) is 0 Å². The molecule has 0 aliphatic carbocycles. The lowest BCUT2D eigenvalue weighted by Crippen LogP contribution is -2.05. The van der Waals surface area contributed by atoms with Crippen molar-refractivity contribution in [2.45, 2.75) is 19.8 Å². The third-order valence-electron chi connectivity index (χ3n) is 2.55. The van der Waals surface area contributed by atoms with E-state index in [0.717, 1.165) is 5.69 Å². The van der Waals surface area contributed by atoms with E-state index in [4.69, 9.17) is 16.3 Å². The van der Waals surface area contributed by atoms with Crippen LogP contribution in [0.3, 0.4) is 0 Å². The maximum atomic E-state index is 13.3. The topological polar surface area (TPSA) is 39.2 Å². The van der Waals surface area contributed by atoms with E-state index in [1.165, 1.54) is 23.5 Å². The van der Waals surface area contributed by atoms with Crippen LogP contribution >= 0.6 is 22.9 Å². The molecule has 0 N–H and O–H groups in total. The minimum absolute atomic E-state index is 0.240. The molecule has 1 heterocycles. The van der Waals surface area contributed by atoms with Crippen LogP contribution in [0.5, 0.6) is 0 Å². The molecule has 6 heteroatoms. The molecule has 0 aliphatic heterocycles. The van der Waals surface area contributed by atoms with E-state index in [9.17, 15) is 9.18 Å². The summed E-state index contributed by atoms with van der Waals surface area (Å²) in [6.45, 7) is 2.15. The van der Waals surface area contributed by atoms with Gasteiger partial charge in [-0.05, 0) is 25.1 Å². The van der Waals surface area contributed by atoms with Crippen LogP contribution in [0.25, 0.3) is 10.6 Å². The second-order valence-electron chi connectivity index (χ2n) is 4.11. The van der Waals surface area contributed by atoms with Crippen LogP contribution in [0.2, 0.25) is 5.02 Å². The Hall–Kier alpha value is -1.46. The lowest BCUT2D eigenvalue weighted by molar-refractivity contribution is -0.143. The average Bonchev–Trinajstić information content (AvgIpc) is 2.84. The first kappa shape index (κ1) is 14.9. The second kappa shape index (κ2) is 6.81. The van der Waals surface area contributed by atoms with Gasteiger partial charge in [-0.2, -0.15) is 0 Å². The number of hydrogen-bond acceptors (Lipinski definition) is 4. The molecule has 20 heavy (non-hydrogen) atoms. The molecule has 0 amide bonds. The Morgan fingerprint density at radius 1 is 1.45 bits per heavy atom. The number of nitrogens with zero attached hydrogens (tertiary/aromatic N) is 1. The van der Waals surface area contributed by atoms with Gasteiger partial charge in [-0.15, -0.1) is 11.3 Å². The Labute approximate surface area is 125 Å². The summed E-state index contributed by atoms with van der Waals surface area (Å²) in [4.78, 5) is 15.6. The predicted octanol–water partition coefficient (Wildman–Crippen LogP) is 4.10. The van der Waals surface area contributed by atoms with Gasteiger partial charge in [0.05, 0.1) is 18.7 Å². The molecule has 0 aliphatic rings. The number of hydrogen-bond donors (Lipinski definition) is 0. The number of benzene rings is 1. The first-order valence-corrected chi connectivity index (χ1v) is 7.40. The van der Waals surface area contributed by atoms with Crippen LogP contribution in [0.4, 0.5) is 4.39 Å². The molecule has 2 aromatic rings. The summed E-state index contributed by atoms with van der Waals surface area (Å²) < 4.78 is 18.1. The second-order valence-corrected chi connectivity index (χ2v) is 5.40. The van der Waals surface area contributed by atoms with E-state index < -0.39 is 5.82 Å². The summed E-state index contributed by atoms with van der Waals surface area (Å²) in [5.74, 6) is -0.633. The molecule has 0 atom stereocenters. The van der Waals surface area contributed by atoms with Crippen molar-refractivity contribution in [2.24, 2.45) is 0 Å². The zero-order valence-electron chi connectivity index (χ0n) is 10.9. The zero-order valence-corrected chi connectivity index (χ0v) is 12.4. The number of aryl methyl sites for hydroxylation is 1. The smallest absolute Gasteiger partial charge is 0.306 e. The highest BCUT2D eigenvalue weighted by molar-refractivity contribution is 7.13. The third-order valence-corrected chi connectivity index (χ3v) is 3.71. The lowest BCUT2D eigenvalue weighted by atomic mass is 10.2. The van der Waals surface area contributed by atoms with E-state index in [-0.39, 0.29) is 5.97 Å². The number of esters is 1. The fraction of sp³-hybridized carbons (Fsp3) is 0.286. The van der Waals surface area contributed by atoms with E-state index >= 15 is 0 Å². The Balaban J connectivity index is 2.06. The molecule has 1 aromatic carbocycles. The van der Waals surface area contributed by atoms with Gasteiger partial charge in [0.1, 0.15) is 10.8 Å². The first-order valence-electron chi connectivity index (χ1n) is 6.15. The van der Waals surface area contributed by atoms with Crippen LogP contribution < -0.4 is 0 Å². The maximum Gasteiger partial charge on any atom is 0.306 e.